The number of methoxy groups -OCH3 is 2. The lowest BCUT2D eigenvalue weighted by atomic mass is 9.98. The van der Waals surface area contributed by atoms with Crippen LogP contribution in [0.25, 0.3) is 0 Å². The molecular weight excluding hydrogens is 222 g/mol. The van der Waals surface area contributed by atoms with Crippen LogP contribution in [0.15, 0.2) is 24.3 Å². The standard InChI is InChI=1S/C12H13NO4/c1-16-9-5-3-8(4-6-9)13-10(7-14)11(17-2)12(13)15/h3-7,10-11H,1-2H3/t10-,11-/m0/s1. The maximum absolute atomic E-state index is 11.7. The van der Waals surface area contributed by atoms with E-state index in [9.17, 15) is 9.59 Å². The zero-order chi connectivity index (χ0) is 12.4. The van der Waals surface area contributed by atoms with Gasteiger partial charge in [0.05, 0.1) is 7.11 Å². The summed E-state index contributed by atoms with van der Waals surface area (Å²) in [4.78, 5) is 24.1. The van der Waals surface area contributed by atoms with Crippen LogP contribution in [0.4, 0.5) is 5.69 Å². The molecule has 0 spiro atoms. The molecule has 5 heteroatoms. The largest absolute Gasteiger partial charge is 0.497 e. The normalized spacial score (nSPS) is 23.2. The molecule has 2 atom stereocenters. The molecule has 0 aliphatic carbocycles. The average molecular weight is 235 g/mol. The number of ether oxygens (including phenoxy) is 2. The summed E-state index contributed by atoms with van der Waals surface area (Å²) in [5.74, 6) is 0.502. The van der Waals surface area contributed by atoms with Crippen molar-refractivity contribution in [2.75, 3.05) is 19.1 Å². The summed E-state index contributed by atoms with van der Waals surface area (Å²) in [5.41, 5.74) is 0.668. The Hall–Kier alpha value is -1.88. The lowest BCUT2D eigenvalue weighted by molar-refractivity contribution is -0.142. The Bertz CT molecular complexity index is 429. The Labute approximate surface area is 98.9 Å². The van der Waals surface area contributed by atoms with Crippen LogP contribution < -0.4 is 9.64 Å². The van der Waals surface area contributed by atoms with Crippen LogP contribution in [0.1, 0.15) is 0 Å². The molecule has 2 rings (SSSR count). The van der Waals surface area contributed by atoms with E-state index in [-0.39, 0.29) is 5.91 Å². The van der Waals surface area contributed by atoms with E-state index < -0.39 is 12.1 Å². The fourth-order valence-electron chi connectivity index (χ4n) is 1.90. The van der Waals surface area contributed by atoms with E-state index in [0.29, 0.717) is 11.4 Å². The van der Waals surface area contributed by atoms with Crippen LogP contribution in [0.5, 0.6) is 5.75 Å². The summed E-state index contributed by atoms with van der Waals surface area (Å²) in [6.07, 6.45) is 0.0642. The van der Waals surface area contributed by atoms with Crippen molar-refractivity contribution < 1.29 is 19.1 Å². The van der Waals surface area contributed by atoms with Crippen molar-refractivity contribution in [3.05, 3.63) is 24.3 Å². The molecule has 1 aromatic carbocycles. The minimum Gasteiger partial charge on any atom is -0.497 e. The smallest absolute Gasteiger partial charge is 0.259 e. The minimum absolute atomic E-state index is 0.199. The van der Waals surface area contributed by atoms with Crippen molar-refractivity contribution >= 4 is 17.9 Å². The Morgan fingerprint density at radius 3 is 2.35 bits per heavy atom. The Balaban J connectivity index is 2.22. The molecular formula is C12H13NO4. The molecule has 90 valence electrons. The SMILES string of the molecule is COc1ccc(N2C(=O)[C@@H](OC)[C@@H]2C=O)cc1. The highest BCUT2D eigenvalue weighted by atomic mass is 16.5. The molecule has 1 heterocycles. The van der Waals surface area contributed by atoms with Crippen molar-refractivity contribution in [1.82, 2.24) is 0 Å². The monoisotopic (exact) mass is 235 g/mol. The Morgan fingerprint density at radius 1 is 1.24 bits per heavy atom. The number of nitrogens with zero attached hydrogens (tertiary/aromatic N) is 1. The average Bonchev–Trinajstić information content (AvgIpc) is 2.37. The number of hydrogen-bond acceptors (Lipinski definition) is 4. The van der Waals surface area contributed by atoms with Crippen LogP contribution in [-0.4, -0.2) is 38.6 Å². The van der Waals surface area contributed by atoms with Gasteiger partial charge in [0.25, 0.3) is 5.91 Å². The summed E-state index contributed by atoms with van der Waals surface area (Å²) in [6.45, 7) is 0. The van der Waals surface area contributed by atoms with E-state index in [1.54, 1.807) is 31.4 Å². The van der Waals surface area contributed by atoms with Crippen LogP contribution >= 0.6 is 0 Å². The lowest BCUT2D eigenvalue weighted by Gasteiger charge is -2.42. The fraction of sp³-hybridized carbons (Fsp3) is 0.333. The first-order valence-corrected chi connectivity index (χ1v) is 5.18. The molecule has 1 aliphatic rings. The van der Waals surface area contributed by atoms with E-state index in [4.69, 9.17) is 9.47 Å². The third kappa shape index (κ3) is 1.78. The quantitative estimate of drug-likeness (QED) is 0.567. The van der Waals surface area contributed by atoms with Gasteiger partial charge in [0, 0.05) is 12.8 Å². The fourth-order valence-corrected chi connectivity index (χ4v) is 1.90. The summed E-state index contributed by atoms with van der Waals surface area (Å²) in [7, 11) is 2.99. The summed E-state index contributed by atoms with van der Waals surface area (Å²) >= 11 is 0. The second-order valence-electron chi connectivity index (χ2n) is 3.69. The first-order valence-electron chi connectivity index (χ1n) is 5.18. The van der Waals surface area contributed by atoms with Gasteiger partial charge in [-0.25, -0.2) is 0 Å². The Morgan fingerprint density at radius 2 is 1.88 bits per heavy atom. The summed E-state index contributed by atoms with van der Waals surface area (Å²) in [5, 5.41) is 0. The molecule has 0 radical (unpaired) electrons. The van der Waals surface area contributed by atoms with Gasteiger partial charge in [0.15, 0.2) is 6.10 Å². The van der Waals surface area contributed by atoms with Crippen molar-refractivity contribution in [2.45, 2.75) is 12.1 Å². The van der Waals surface area contributed by atoms with Gasteiger partial charge >= 0.3 is 0 Å². The molecule has 1 fully saturated rings. The van der Waals surface area contributed by atoms with Crippen molar-refractivity contribution in [3.8, 4) is 5.75 Å². The molecule has 0 bridgehead atoms. The Kier molecular flexibility index (Phi) is 3.10. The second kappa shape index (κ2) is 4.55. The number of β-lactam (4-membered cyclic amide) rings is 1. The zero-order valence-electron chi connectivity index (χ0n) is 9.62. The molecule has 0 aromatic heterocycles. The first-order chi connectivity index (χ1) is 8.22. The summed E-state index contributed by atoms with van der Waals surface area (Å²) in [6, 6.07) is 6.41. The van der Waals surface area contributed by atoms with Gasteiger partial charge < -0.3 is 14.3 Å². The van der Waals surface area contributed by atoms with Gasteiger partial charge in [-0.1, -0.05) is 0 Å². The topological polar surface area (TPSA) is 55.8 Å². The van der Waals surface area contributed by atoms with Crippen molar-refractivity contribution in [3.63, 3.8) is 0 Å². The molecule has 1 aliphatic heterocycles. The highest BCUT2D eigenvalue weighted by Gasteiger charge is 2.48. The number of hydrogen-bond donors (Lipinski definition) is 0. The molecule has 0 saturated carbocycles. The maximum Gasteiger partial charge on any atom is 0.259 e. The first kappa shape index (κ1) is 11.6. The molecule has 5 nitrogen and oxygen atoms in total. The van der Waals surface area contributed by atoms with E-state index in [2.05, 4.69) is 0 Å². The second-order valence-corrected chi connectivity index (χ2v) is 3.69. The van der Waals surface area contributed by atoms with Gasteiger partial charge in [-0.2, -0.15) is 0 Å². The minimum atomic E-state index is -0.658. The molecule has 1 aromatic rings. The molecule has 0 unspecified atom stereocenters. The predicted octanol–water partition coefficient (Wildman–Crippen LogP) is 0.624. The van der Waals surface area contributed by atoms with Gasteiger partial charge in [-0.3, -0.25) is 9.69 Å². The summed E-state index contributed by atoms with van der Waals surface area (Å²) < 4.78 is 9.98. The van der Waals surface area contributed by atoms with E-state index in [1.807, 2.05) is 0 Å². The van der Waals surface area contributed by atoms with Crippen LogP contribution in [0.2, 0.25) is 0 Å². The number of carbonyl (C=O) groups is 2. The molecule has 0 N–H and O–H groups in total. The third-order valence-corrected chi connectivity index (χ3v) is 2.83. The van der Waals surface area contributed by atoms with Gasteiger partial charge in [-0.05, 0) is 24.3 Å². The number of rotatable bonds is 4. The highest BCUT2D eigenvalue weighted by molar-refractivity contribution is 6.10. The lowest BCUT2D eigenvalue weighted by Crippen LogP contribution is -2.66. The molecule has 17 heavy (non-hydrogen) atoms. The maximum atomic E-state index is 11.7. The molecule has 1 saturated heterocycles. The number of aldehydes is 1. The van der Waals surface area contributed by atoms with Crippen LogP contribution in [0, 0.1) is 0 Å². The number of carbonyl (C=O) groups excluding carboxylic acids is 2. The van der Waals surface area contributed by atoms with E-state index in [0.717, 1.165) is 6.29 Å². The third-order valence-electron chi connectivity index (χ3n) is 2.83. The van der Waals surface area contributed by atoms with Crippen LogP contribution in [0.3, 0.4) is 0 Å². The van der Waals surface area contributed by atoms with Crippen molar-refractivity contribution in [1.29, 1.82) is 0 Å². The van der Waals surface area contributed by atoms with Crippen LogP contribution in [-0.2, 0) is 14.3 Å². The van der Waals surface area contributed by atoms with E-state index in [1.165, 1.54) is 12.0 Å². The van der Waals surface area contributed by atoms with Gasteiger partial charge in [0.2, 0.25) is 0 Å². The van der Waals surface area contributed by atoms with Crippen molar-refractivity contribution in [2.24, 2.45) is 0 Å². The van der Waals surface area contributed by atoms with Gasteiger partial charge in [0.1, 0.15) is 18.1 Å². The highest BCUT2D eigenvalue weighted by Crippen LogP contribution is 2.29. The molecule has 1 amide bonds. The van der Waals surface area contributed by atoms with Gasteiger partial charge in [-0.15, -0.1) is 0 Å². The van der Waals surface area contributed by atoms with E-state index >= 15 is 0 Å². The predicted molar refractivity (Wildman–Crippen MR) is 61.1 cm³/mol. The zero-order valence-corrected chi connectivity index (χ0v) is 9.62. The number of benzene rings is 1. The number of amides is 1. The number of anilines is 1.